The Balaban J connectivity index is 1.69. The number of carbonyl (C=O) groups excluding carboxylic acids is 1. The van der Waals surface area contributed by atoms with Gasteiger partial charge in [-0.25, -0.2) is 0 Å². The summed E-state index contributed by atoms with van der Waals surface area (Å²) in [5.41, 5.74) is 1.74. The van der Waals surface area contributed by atoms with Crippen molar-refractivity contribution in [2.75, 3.05) is 0 Å². The van der Waals surface area contributed by atoms with Crippen LogP contribution in [0, 0.1) is 16.0 Å². The van der Waals surface area contributed by atoms with Crippen LogP contribution in [0.3, 0.4) is 0 Å². The molecule has 0 bridgehead atoms. The lowest BCUT2D eigenvalue weighted by Crippen LogP contribution is -2.32. The molecule has 1 atom stereocenters. The number of carbonyl (C=O) groups is 1. The summed E-state index contributed by atoms with van der Waals surface area (Å²) in [6, 6.07) is 14.4. The van der Waals surface area contributed by atoms with Crippen LogP contribution >= 0.6 is 0 Å². The minimum atomic E-state index is -0.434. The second-order valence-electron chi connectivity index (χ2n) is 6.82. The maximum atomic E-state index is 12.5. The van der Waals surface area contributed by atoms with Gasteiger partial charge in [-0.1, -0.05) is 44.2 Å². The van der Waals surface area contributed by atoms with E-state index in [0.717, 1.165) is 10.9 Å². The Kier molecular flexibility index (Phi) is 5.49. The van der Waals surface area contributed by atoms with Crippen LogP contribution in [0.4, 0.5) is 5.69 Å². The minimum Gasteiger partial charge on any atom is -0.349 e. The highest BCUT2D eigenvalue weighted by molar-refractivity contribution is 5.81. The third-order valence-corrected chi connectivity index (χ3v) is 4.53. The van der Waals surface area contributed by atoms with Crippen LogP contribution < -0.4 is 5.32 Å². The molecule has 0 fully saturated rings. The van der Waals surface area contributed by atoms with Crippen LogP contribution in [0.1, 0.15) is 31.9 Å². The molecule has 7 heteroatoms. The number of aryl methyl sites for hydroxylation is 1. The van der Waals surface area contributed by atoms with Gasteiger partial charge < -0.3 is 5.32 Å². The Morgan fingerprint density at radius 3 is 2.63 bits per heavy atom. The third kappa shape index (κ3) is 4.31. The lowest BCUT2D eigenvalue weighted by Gasteiger charge is -2.23. The van der Waals surface area contributed by atoms with Gasteiger partial charge in [0.05, 0.1) is 29.2 Å². The van der Waals surface area contributed by atoms with Crippen molar-refractivity contribution in [3.8, 4) is 0 Å². The van der Waals surface area contributed by atoms with E-state index in [2.05, 4.69) is 24.3 Å². The first-order valence-electron chi connectivity index (χ1n) is 8.90. The largest absolute Gasteiger partial charge is 0.349 e. The lowest BCUT2D eigenvalue weighted by atomic mass is 9.96. The number of fused-ring (bicyclic) bond motifs is 1. The molecule has 0 spiro atoms. The molecule has 3 aromatic rings. The number of hydrogen-bond acceptors (Lipinski definition) is 4. The molecule has 2 aromatic carbocycles. The molecular formula is C20H22N4O3. The number of nitro benzene ring substituents is 1. The lowest BCUT2D eigenvalue weighted by molar-refractivity contribution is -0.384. The third-order valence-electron chi connectivity index (χ3n) is 4.53. The molecule has 0 unspecified atom stereocenters. The van der Waals surface area contributed by atoms with Crippen LogP contribution in [0.5, 0.6) is 0 Å². The van der Waals surface area contributed by atoms with E-state index < -0.39 is 4.92 Å². The summed E-state index contributed by atoms with van der Waals surface area (Å²) < 4.78 is 1.63. The summed E-state index contributed by atoms with van der Waals surface area (Å²) in [6.45, 7) is 4.49. The number of nitrogens with zero attached hydrogens (tertiary/aromatic N) is 3. The van der Waals surface area contributed by atoms with Gasteiger partial charge in [0, 0.05) is 23.9 Å². The average molecular weight is 366 g/mol. The first-order chi connectivity index (χ1) is 13.0. The zero-order valence-electron chi connectivity index (χ0n) is 15.3. The Morgan fingerprint density at radius 2 is 1.96 bits per heavy atom. The number of amides is 1. The van der Waals surface area contributed by atoms with Crippen molar-refractivity contribution in [1.29, 1.82) is 0 Å². The molecule has 0 saturated carbocycles. The number of rotatable bonds is 7. The molecule has 1 amide bonds. The fourth-order valence-electron chi connectivity index (χ4n) is 3.10. The second kappa shape index (κ2) is 7.99. The highest BCUT2D eigenvalue weighted by Crippen LogP contribution is 2.22. The highest BCUT2D eigenvalue weighted by atomic mass is 16.6. The number of hydrogen-bond donors (Lipinski definition) is 1. The average Bonchev–Trinajstić information content (AvgIpc) is 3.07. The van der Waals surface area contributed by atoms with Crippen molar-refractivity contribution in [1.82, 2.24) is 15.1 Å². The summed E-state index contributed by atoms with van der Waals surface area (Å²) in [7, 11) is 0. The molecular weight excluding hydrogens is 344 g/mol. The summed E-state index contributed by atoms with van der Waals surface area (Å²) in [4.78, 5) is 23.0. The molecule has 0 saturated heterocycles. The quantitative estimate of drug-likeness (QED) is 0.508. The predicted molar refractivity (Wildman–Crippen MR) is 103 cm³/mol. The Morgan fingerprint density at radius 1 is 1.22 bits per heavy atom. The van der Waals surface area contributed by atoms with Crippen molar-refractivity contribution < 1.29 is 9.72 Å². The minimum absolute atomic E-state index is 0.0117. The monoisotopic (exact) mass is 366 g/mol. The molecule has 0 radical (unpaired) electrons. The zero-order chi connectivity index (χ0) is 19.4. The van der Waals surface area contributed by atoms with Gasteiger partial charge in [0.25, 0.3) is 5.69 Å². The fraction of sp³-hybridized carbons (Fsp3) is 0.300. The van der Waals surface area contributed by atoms with Crippen molar-refractivity contribution in [2.24, 2.45) is 5.92 Å². The van der Waals surface area contributed by atoms with E-state index in [9.17, 15) is 14.9 Å². The molecule has 7 nitrogen and oxygen atoms in total. The van der Waals surface area contributed by atoms with E-state index in [4.69, 9.17) is 0 Å². The van der Waals surface area contributed by atoms with E-state index in [0.29, 0.717) is 12.1 Å². The molecule has 1 N–H and O–H groups in total. The number of nitro groups is 1. The summed E-state index contributed by atoms with van der Waals surface area (Å²) in [6.07, 6.45) is 1.90. The van der Waals surface area contributed by atoms with Gasteiger partial charge in [-0.05, 0) is 17.5 Å². The van der Waals surface area contributed by atoms with E-state index in [1.807, 2.05) is 30.3 Å². The van der Waals surface area contributed by atoms with Crippen molar-refractivity contribution in [3.63, 3.8) is 0 Å². The fourth-order valence-corrected chi connectivity index (χ4v) is 3.10. The summed E-state index contributed by atoms with van der Waals surface area (Å²) in [5, 5.41) is 19.1. The highest BCUT2D eigenvalue weighted by Gasteiger charge is 2.18. The molecule has 1 heterocycles. The van der Waals surface area contributed by atoms with E-state index >= 15 is 0 Å². The zero-order valence-corrected chi connectivity index (χ0v) is 15.3. The molecule has 140 valence electrons. The maximum Gasteiger partial charge on any atom is 0.271 e. The van der Waals surface area contributed by atoms with Crippen LogP contribution in [0.25, 0.3) is 10.9 Å². The molecule has 3 rings (SSSR count). The molecule has 27 heavy (non-hydrogen) atoms. The molecule has 0 aliphatic rings. The van der Waals surface area contributed by atoms with Crippen LogP contribution in [-0.4, -0.2) is 20.6 Å². The Bertz CT molecular complexity index is 950. The van der Waals surface area contributed by atoms with Crippen molar-refractivity contribution in [2.45, 2.75) is 32.9 Å². The van der Waals surface area contributed by atoms with Crippen molar-refractivity contribution in [3.05, 3.63) is 70.4 Å². The van der Waals surface area contributed by atoms with Crippen LogP contribution in [-0.2, 0) is 11.3 Å². The van der Waals surface area contributed by atoms with Gasteiger partial charge in [-0.15, -0.1) is 0 Å². The second-order valence-corrected chi connectivity index (χ2v) is 6.82. The SMILES string of the molecule is CC(C)[C@@H](NC(=O)CCn1ncc2ccc([N+](=O)[O-])cc21)c1ccccc1. The Labute approximate surface area is 157 Å². The Hall–Kier alpha value is -3.22. The first-order valence-corrected chi connectivity index (χ1v) is 8.90. The van der Waals surface area contributed by atoms with Gasteiger partial charge >= 0.3 is 0 Å². The van der Waals surface area contributed by atoms with Crippen LogP contribution in [0.15, 0.2) is 54.7 Å². The van der Waals surface area contributed by atoms with Gasteiger partial charge in [0.15, 0.2) is 0 Å². The normalized spacial score (nSPS) is 12.3. The number of nitrogens with one attached hydrogen (secondary N) is 1. The topological polar surface area (TPSA) is 90.1 Å². The maximum absolute atomic E-state index is 12.5. The standard InChI is InChI=1S/C20H22N4O3/c1-14(2)20(15-6-4-3-5-7-15)22-19(25)10-11-23-18-12-17(24(26)27)9-8-16(18)13-21-23/h3-9,12-14,20H,10-11H2,1-2H3,(H,22,25)/t20-/m1/s1. The first kappa shape index (κ1) is 18.6. The molecule has 0 aliphatic carbocycles. The smallest absolute Gasteiger partial charge is 0.271 e. The van der Waals surface area contributed by atoms with Crippen LogP contribution in [0.2, 0.25) is 0 Å². The summed E-state index contributed by atoms with van der Waals surface area (Å²) >= 11 is 0. The van der Waals surface area contributed by atoms with Gasteiger partial charge in [-0.2, -0.15) is 5.10 Å². The predicted octanol–water partition coefficient (Wildman–Crippen LogP) is 3.85. The van der Waals surface area contributed by atoms with E-state index in [-0.39, 0.29) is 30.0 Å². The van der Waals surface area contributed by atoms with E-state index in [1.54, 1.807) is 16.9 Å². The molecule has 0 aliphatic heterocycles. The van der Waals surface area contributed by atoms with Gasteiger partial charge in [-0.3, -0.25) is 19.6 Å². The van der Waals surface area contributed by atoms with Crippen molar-refractivity contribution >= 4 is 22.5 Å². The van der Waals surface area contributed by atoms with E-state index in [1.165, 1.54) is 12.1 Å². The number of aromatic nitrogens is 2. The van der Waals surface area contributed by atoms with Gasteiger partial charge in [0.2, 0.25) is 5.91 Å². The molecule has 1 aromatic heterocycles. The number of non-ortho nitro benzene ring substituents is 1. The van der Waals surface area contributed by atoms with Gasteiger partial charge in [0.1, 0.15) is 0 Å². The number of benzene rings is 2. The summed E-state index contributed by atoms with van der Waals surface area (Å²) in [5.74, 6) is 0.177.